The van der Waals surface area contributed by atoms with Gasteiger partial charge in [0.2, 0.25) is 6.08 Å². The molecule has 0 aromatic heterocycles. The van der Waals surface area contributed by atoms with Gasteiger partial charge in [0.05, 0.1) is 6.04 Å². The van der Waals surface area contributed by atoms with Crippen LogP contribution in [0.1, 0.15) is 11.1 Å². The van der Waals surface area contributed by atoms with Crippen LogP contribution in [0.3, 0.4) is 0 Å². The number of carbonyl (C=O) groups excluding carboxylic acids is 1. The Balaban J connectivity index is 2.92. The Morgan fingerprint density at radius 3 is 2.92 bits per heavy atom. The van der Waals surface area contributed by atoms with Gasteiger partial charge in [0, 0.05) is 5.56 Å². The summed E-state index contributed by atoms with van der Waals surface area (Å²) in [5, 5.41) is 0. The molecule has 0 heterocycles. The van der Waals surface area contributed by atoms with Crippen molar-refractivity contribution in [2.45, 2.75) is 6.92 Å². The molecule has 2 nitrogen and oxygen atoms in total. The number of nitrogens with zero attached hydrogens (tertiary/aromatic N) is 1. The smallest absolute Gasteiger partial charge is 0.210 e. The van der Waals surface area contributed by atoms with Crippen molar-refractivity contribution in [2.75, 3.05) is 0 Å². The number of aliphatic imine (C=N–C) groups is 1. The highest BCUT2D eigenvalue weighted by atomic mass is 16.1. The molecule has 0 N–H and O–H groups in total. The van der Waals surface area contributed by atoms with Gasteiger partial charge in [-0.2, -0.15) is 0 Å². The Labute approximate surface area is 70.9 Å². The lowest BCUT2D eigenvalue weighted by Gasteiger charge is -1.90. The maximum absolute atomic E-state index is 9.67. The van der Waals surface area contributed by atoms with Crippen molar-refractivity contribution in [1.82, 2.24) is 0 Å². The van der Waals surface area contributed by atoms with Gasteiger partial charge >= 0.3 is 0 Å². The first-order valence-corrected chi connectivity index (χ1v) is 3.47. The highest BCUT2D eigenvalue weighted by Crippen LogP contribution is 2.01. The molecule has 0 aliphatic carbocycles. The van der Waals surface area contributed by atoms with Crippen LogP contribution in [0.4, 0.5) is 0 Å². The first kappa shape index (κ1) is 8.26. The Morgan fingerprint density at radius 1 is 1.42 bits per heavy atom. The predicted molar refractivity (Wildman–Crippen MR) is 46.2 cm³/mol. The van der Waals surface area contributed by atoms with Gasteiger partial charge in [-0.1, -0.05) is 12.1 Å². The number of hydrogen-bond acceptors (Lipinski definition) is 2. The third kappa shape index (κ3) is 2.42. The number of isocyanates is 1. The normalized spacial score (nSPS) is 7.75. The van der Waals surface area contributed by atoms with E-state index in [1.54, 1.807) is 0 Å². The van der Waals surface area contributed by atoms with Gasteiger partial charge < -0.3 is 0 Å². The largest absolute Gasteiger partial charge is 0.249 e. The fourth-order valence-corrected chi connectivity index (χ4v) is 0.838. The van der Waals surface area contributed by atoms with Crippen molar-refractivity contribution in [3.05, 3.63) is 35.4 Å². The highest BCUT2D eigenvalue weighted by Gasteiger charge is 1.85. The van der Waals surface area contributed by atoms with Crippen molar-refractivity contribution in [2.24, 2.45) is 4.99 Å². The van der Waals surface area contributed by atoms with Crippen LogP contribution in [0, 0.1) is 18.9 Å². The van der Waals surface area contributed by atoms with E-state index in [4.69, 9.17) is 0 Å². The molecule has 0 bridgehead atoms. The molecular formula is C10H7NO. The fraction of sp³-hybridized carbons (Fsp3) is 0.100. The molecule has 0 spiro atoms. The molecule has 0 amide bonds. The van der Waals surface area contributed by atoms with Crippen molar-refractivity contribution in [3.63, 3.8) is 0 Å². The lowest BCUT2D eigenvalue weighted by Crippen LogP contribution is -1.74. The lowest BCUT2D eigenvalue weighted by molar-refractivity contribution is 0.565. The summed E-state index contributed by atoms with van der Waals surface area (Å²) in [7, 11) is 0. The van der Waals surface area contributed by atoms with Crippen LogP contribution < -0.4 is 0 Å². The highest BCUT2D eigenvalue weighted by molar-refractivity contribution is 5.41. The van der Waals surface area contributed by atoms with E-state index >= 15 is 0 Å². The second-order valence-corrected chi connectivity index (χ2v) is 2.31. The van der Waals surface area contributed by atoms with Crippen LogP contribution in [0.15, 0.2) is 29.3 Å². The third-order valence-electron chi connectivity index (χ3n) is 1.32. The van der Waals surface area contributed by atoms with Crippen molar-refractivity contribution in [1.29, 1.82) is 0 Å². The second-order valence-electron chi connectivity index (χ2n) is 2.31. The van der Waals surface area contributed by atoms with Gasteiger partial charge in [-0.15, -0.1) is 4.99 Å². The minimum absolute atomic E-state index is 0.856. The van der Waals surface area contributed by atoms with E-state index in [1.807, 2.05) is 31.2 Å². The zero-order valence-electron chi connectivity index (χ0n) is 6.66. The molecule has 0 saturated carbocycles. The van der Waals surface area contributed by atoms with Crippen LogP contribution in [0.25, 0.3) is 0 Å². The molecule has 1 rings (SSSR count). The second kappa shape index (κ2) is 4.12. The number of hydrogen-bond donors (Lipinski definition) is 0. The van der Waals surface area contributed by atoms with E-state index in [0.717, 1.165) is 11.1 Å². The monoisotopic (exact) mass is 157 g/mol. The average Bonchev–Trinajstić information content (AvgIpc) is 2.05. The maximum Gasteiger partial charge on any atom is 0.249 e. The molecule has 0 saturated heterocycles. The molecule has 0 atom stereocenters. The van der Waals surface area contributed by atoms with Crippen LogP contribution in [0.2, 0.25) is 0 Å². The van der Waals surface area contributed by atoms with Gasteiger partial charge in [-0.3, -0.25) is 0 Å². The summed E-state index contributed by atoms with van der Waals surface area (Å²) in [6, 6.07) is 10.0. The minimum atomic E-state index is 0.856. The summed E-state index contributed by atoms with van der Waals surface area (Å²) in [6.45, 7) is 1.98. The number of aryl methyl sites for hydroxylation is 1. The molecule has 0 unspecified atom stereocenters. The molecule has 58 valence electrons. The van der Waals surface area contributed by atoms with Crippen LogP contribution in [-0.2, 0) is 4.79 Å². The Bertz CT molecular complexity index is 378. The zero-order chi connectivity index (χ0) is 8.81. The van der Waals surface area contributed by atoms with Crippen molar-refractivity contribution < 1.29 is 4.79 Å². The molecule has 1 aromatic carbocycles. The Morgan fingerprint density at radius 2 is 2.25 bits per heavy atom. The predicted octanol–water partition coefficient (Wildman–Crippen LogP) is 1.64. The van der Waals surface area contributed by atoms with E-state index in [1.165, 1.54) is 6.08 Å². The Kier molecular flexibility index (Phi) is 2.84. The molecule has 1 aromatic rings. The molecular weight excluding hydrogens is 150 g/mol. The average molecular weight is 157 g/mol. The summed E-state index contributed by atoms with van der Waals surface area (Å²) < 4.78 is 0. The molecule has 0 aliphatic rings. The summed E-state index contributed by atoms with van der Waals surface area (Å²) in [6.07, 6.45) is 1.35. The van der Waals surface area contributed by atoms with Gasteiger partial charge in [-0.25, -0.2) is 4.79 Å². The first-order chi connectivity index (χ1) is 5.83. The first-order valence-electron chi connectivity index (χ1n) is 3.47. The van der Waals surface area contributed by atoms with Crippen molar-refractivity contribution >= 4 is 6.08 Å². The van der Waals surface area contributed by atoms with Crippen LogP contribution in [0.5, 0.6) is 0 Å². The molecule has 0 aliphatic heterocycles. The van der Waals surface area contributed by atoms with Gasteiger partial charge in [0.25, 0.3) is 0 Å². The third-order valence-corrected chi connectivity index (χ3v) is 1.32. The molecule has 2 heteroatoms. The minimum Gasteiger partial charge on any atom is -0.210 e. The summed E-state index contributed by atoms with van der Waals surface area (Å²) in [5.41, 5.74) is 1.99. The maximum atomic E-state index is 9.67. The van der Waals surface area contributed by atoms with Gasteiger partial charge in [0.15, 0.2) is 0 Å². The van der Waals surface area contributed by atoms with E-state index in [9.17, 15) is 4.79 Å². The van der Waals surface area contributed by atoms with Gasteiger partial charge in [-0.05, 0) is 30.5 Å². The van der Waals surface area contributed by atoms with Crippen LogP contribution in [-0.4, -0.2) is 6.08 Å². The SMILES string of the molecule is Cc1cccc(C#CN=C=O)c1. The van der Waals surface area contributed by atoms with E-state index in [2.05, 4.69) is 17.0 Å². The number of rotatable bonds is 0. The number of benzene rings is 1. The Hall–Kier alpha value is -1.84. The zero-order valence-corrected chi connectivity index (χ0v) is 6.66. The van der Waals surface area contributed by atoms with E-state index in [0.29, 0.717) is 0 Å². The van der Waals surface area contributed by atoms with E-state index < -0.39 is 0 Å². The summed E-state index contributed by atoms with van der Waals surface area (Å²) in [4.78, 5) is 12.8. The molecule has 0 radical (unpaired) electrons. The molecule has 0 fully saturated rings. The fourth-order valence-electron chi connectivity index (χ4n) is 0.838. The standard InChI is InChI=1S/C10H7NO/c1-9-3-2-4-10(7-9)5-6-11-8-12/h2-4,7H,1H3. The van der Waals surface area contributed by atoms with Gasteiger partial charge in [0.1, 0.15) is 0 Å². The quantitative estimate of drug-likeness (QED) is 0.320. The van der Waals surface area contributed by atoms with Crippen molar-refractivity contribution in [3.8, 4) is 12.0 Å². The topological polar surface area (TPSA) is 29.4 Å². The van der Waals surface area contributed by atoms with Crippen LogP contribution >= 0.6 is 0 Å². The lowest BCUT2D eigenvalue weighted by atomic mass is 10.1. The summed E-state index contributed by atoms with van der Waals surface area (Å²) >= 11 is 0. The van der Waals surface area contributed by atoms with E-state index in [-0.39, 0.29) is 0 Å². The summed E-state index contributed by atoms with van der Waals surface area (Å²) in [5.74, 6) is 2.71. The molecule has 12 heavy (non-hydrogen) atoms.